The van der Waals surface area contributed by atoms with Crippen LogP contribution in [-0.2, 0) is 9.53 Å². The molecule has 0 radical (unpaired) electrons. The van der Waals surface area contributed by atoms with Gasteiger partial charge in [-0.25, -0.2) is 14.4 Å². The summed E-state index contributed by atoms with van der Waals surface area (Å²) < 4.78 is 25.8. The fourth-order valence-corrected chi connectivity index (χ4v) is 4.78. The van der Waals surface area contributed by atoms with Gasteiger partial charge in [0.05, 0.1) is 31.2 Å². The number of aromatic nitrogens is 2. The largest absolute Gasteiger partial charge is 0.496 e. The summed E-state index contributed by atoms with van der Waals surface area (Å²) in [4.78, 5) is 21.4. The molecule has 0 amide bonds. The first-order valence-electron chi connectivity index (χ1n) is 12.3. The van der Waals surface area contributed by atoms with Gasteiger partial charge in [-0.2, -0.15) is 0 Å². The molecule has 8 heteroatoms. The number of nitrogens with one attached hydrogen (secondary N) is 1. The molecule has 36 heavy (non-hydrogen) atoms. The monoisotopic (exact) mass is 492 g/mol. The molecule has 0 saturated carbocycles. The van der Waals surface area contributed by atoms with Crippen molar-refractivity contribution in [3.05, 3.63) is 58.7 Å². The Kier molecular flexibility index (Phi) is 7.43. The summed E-state index contributed by atoms with van der Waals surface area (Å²) in [6.45, 7) is 7.61. The second-order valence-electron chi connectivity index (χ2n) is 9.25. The standard InChI is InChI=1S/C28H33FN4O3/c1-6-36-28(34)19-9-7-18(8-10-19)22-13-23-24(14-25(22)35-5)32-17(4)33-27(23)31-16(3)21-12-20(30)11-15(2)26(21)29/h7,11-14,16,19H,6,8-10,30H2,1-5H3,(H,31,32,33)/t16-,19?/m1/s1. The van der Waals surface area contributed by atoms with E-state index in [1.54, 1.807) is 26.2 Å². The number of carbonyl (C=O) groups is 1. The molecular formula is C28H33FN4O3. The molecule has 1 aromatic heterocycles. The van der Waals surface area contributed by atoms with Gasteiger partial charge in [-0.05, 0) is 76.3 Å². The van der Waals surface area contributed by atoms with Gasteiger partial charge < -0.3 is 20.5 Å². The van der Waals surface area contributed by atoms with Gasteiger partial charge in [0.25, 0.3) is 0 Å². The van der Waals surface area contributed by atoms with Crippen LogP contribution in [-0.4, -0.2) is 29.7 Å². The van der Waals surface area contributed by atoms with Crippen molar-refractivity contribution in [2.24, 2.45) is 5.92 Å². The second kappa shape index (κ2) is 10.5. The molecule has 3 N–H and O–H groups in total. The molecule has 1 heterocycles. The number of nitrogens with two attached hydrogens (primary N) is 1. The van der Waals surface area contributed by atoms with Crippen molar-refractivity contribution in [2.45, 2.75) is 53.0 Å². The lowest BCUT2D eigenvalue weighted by Gasteiger charge is -2.23. The van der Waals surface area contributed by atoms with E-state index in [2.05, 4.69) is 21.4 Å². The number of fused-ring (bicyclic) bond motifs is 1. The van der Waals surface area contributed by atoms with E-state index in [0.717, 1.165) is 28.5 Å². The minimum atomic E-state index is -0.380. The number of hydrogen-bond donors (Lipinski definition) is 2. The molecule has 0 spiro atoms. The first kappa shape index (κ1) is 25.4. The Morgan fingerprint density at radius 2 is 2.03 bits per heavy atom. The number of carbonyl (C=O) groups excluding carboxylic acids is 1. The second-order valence-corrected chi connectivity index (χ2v) is 9.25. The van der Waals surface area contributed by atoms with Gasteiger partial charge in [-0.1, -0.05) is 6.08 Å². The Labute approximate surface area is 210 Å². The lowest BCUT2D eigenvalue weighted by Crippen LogP contribution is -2.19. The highest BCUT2D eigenvalue weighted by molar-refractivity contribution is 5.94. The third kappa shape index (κ3) is 5.12. The normalized spacial score (nSPS) is 16.4. The maximum Gasteiger partial charge on any atom is 0.309 e. The van der Waals surface area contributed by atoms with Gasteiger partial charge in [0.1, 0.15) is 23.2 Å². The van der Waals surface area contributed by atoms with Crippen LogP contribution in [0.15, 0.2) is 30.3 Å². The quantitative estimate of drug-likeness (QED) is 0.313. The molecule has 0 bridgehead atoms. The van der Waals surface area contributed by atoms with E-state index in [-0.39, 0.29) is 23.7 Å². The number of anilines is 2. The smallest absolute Gasteiger partial charge is 0.309 e. The number of ether oxygens (including phenoxy) is 2. The molecule has 190 valence electrons. The molecular weight excluding hydrogens is 459 g/mol. The number of halogens is 1. The van der Waals surface area contributed by atoms with Gasteiger partial charge >= 0.3 is 5.97 Å². The summed E-state index contributed by atoms with van der Waals surface area (Å²) in [5.74, 6) is 1.34. The highest BCUT2D eigenvalue weighted by Gasteiger charge is 2.25. The number of aryl methyl sites for hydroxylation is 2. The van der Waals surface area contributed by atoms with Crippen molar-refractivity contribution in [1.82, 2.24) is 9.97 Å². The van der Waals surface area contributed by atoms with Crippen LogP contribution in [0.1, 0.15) is 61.7 Å². The van der Waals surface area contributed by atoms with Crippen LogP contribution >= 0.6 is 0 Å². The molecule has 2 atom stereocenters. The first-order valence-corrected chi connectivity index (χ1v) is 12.3. The number of allylic oxidation sites excluding steroid dienone is 2. The van der Waals surface area contributed by atoms with E-state index in [0.29, 0.717) is 53.7 Å². The Balaban J connectivity index is 1.73. The molecule has 2 aromatic carbocycles. The predicted molar refractivity (Wildman–Crippen MR) is 140 cm³/mol. The van der Waals surface area contributed by atoms with Crippen molar-refractivity contribution >= 4 is 34.0 Å². The van der Waals surface area contributed by atoms with Crippen LogP contribution in [0.5, 0.6) is 5.75 Å². The average Bonchev–Trinajstić information content (AvgIpc) is 2.85. The highest BCUT2D eigenvalue weighted by Crippen LogP contribution is 2.39. The van der Waals surface area contributed by atoms with Gasteiger partial charge in [-0.15, -0.1) is 0 Å². The summed E-state index contributed by atoms with van der Waals surface area (Å²) in [7, 11) is 1.63. The molecule has 3 aromatic rings. The third-order valence-electron chi connectivity index (χ3n) is 6.63. The molecule has 1 aliphatic rings. The van der Waals surface area contributed by atoms with E-state index >= 15 is 0 Å². The highest BCUT2D eigenvalue weighted by atomic mass is 19.1. The summed E-state index contributed by atoms with van der Waals surface area (Å²) >= 11 is 0. The number of benzene rings is 2. The summed E-state index contributed by atoms with van der Waals surface area (Å²) in [6.07, 6.45) is 4.15. The summed E-state index contributed by atoms with van der Waals surface area (Å²) in [6, 6.07) is 6.81. The van der Waals surface area contributed by atoms with Crippen LogP contribution in [0.2, 0.25) is 0 Å². The van der Waals surface area contributed by atoms with Crippen LogP contribution in [0.4, 0.5) is 15.9 Å². The molecule has 4 rings (SSSR count). The third-order valence-corrected chi connectivity index (χ3v) is 6.63. The van der Waals surface area contributed by atoms with E-state index in [1.165, 1.54) is 0 Å². The van der Waals surface area contributed by atoms with Gasteiger partial charge in [0, 0.05) is 28.3 Å². The van der Waals surface area contributed by atoms with Crippen molar-refractivity contribution < 1.29 is 18.7 Å². The van der Waals surface area contributed by atoms with Crippen molar-refractivity contribution in [3.8, 4) is 5.75 Å². The van der Waals surface area contributed by atoms with Gasteiger partial charge in [0.15, 0.2) is 0 Å². The number of nitrogen functional groups attached to an aromatic ring is 1. The van der Waals surface area contributed by atoms with E-state index in [4.69, 9.17) is 15.2 Å². The summed E-state index contributed by atoms with van der Waals surface area (Å²) in [5.41, 5.74) is 10.2. The maximum atomic E-state index is 14.9. The molecule has 0 saturated heterocycles. The van der Waals surface area contributed by atoms with E-state index in [1.807, 2.05) is 32.9 Å². The number of methoxy groups -OCH3 is 1. The number of esters is 1. The van der Waals surface area contributed by atoms with E-state index in [9.17, 15) is 9.18 Å². The Morgan fingerprint density at radius 3 is 2.69 bits per heavy atom. The maximum absolute atomic E-state index is 14.9. The lowest BCUT2D eigenvalue weighted by atomic mass is 9.86. The van der Waals surface area contributed by atoms with Crippen molar-refractivity contribution in [1.29, 1.82) is 0 Å². The first-order chi connectivity index (χ1) is 17.2. The number of hydrogen-bond acceptors (Lipinski definition) is 7. The fourth-order valence-electron chi connectivity index (χ4n) is 4.78. The van der Waals surface area contributed by atoms with Crippen LogP contribution in [0.25, 0.3) is 16.5 Å². The zero-order valence-corrected chi connectivity index (χ0v) is 21.4. The minimum absolute atomic E-state index is 0.124. The molecule has 0 fully saturated rings. The van der Waals surface area contributed by atoms with Crippen molar-refractivity contribution in [2.75, 3.05) is 24.8 Å². The molecule has 0 aliphatic heterocycles. The average molecular weight is 493 g/mol. The minimum Gasteiger partial charge on any atom is -0.496 e. The zero-order chi connectivity index (χ0) is 26.0. The van der Waals surface area contributed by atoms with Crippen LogP contribution in [0.3, 0.4) is 0 Å². The number of rotatable bonds is 7. The Bertz CT molecular complexity index is 1340. The fraction of sp³-hybridized carbons (Fsp3) is 0.393. The molecule has 1 aliphatic carbocycles. The Morgan fingerprint density at radius 1 is 1.25 bits per heavy atom. The Hall–Kier alpha value is -3.68. The molecule has 1 unspecified atom stereocenters. The van der Waals surface area contributed by atoms with Crippen LogP contribution in [0, 0.1) is 25.6 Å². The van der Waals surface area contributed by atoms with Crippen molar-refractivity contribution in [3.63, 3.8) is 0 Å². The van der Waals surface area contributed by atoms with Gasteiger partial charge in [0.2, 0.25) is 0 Å². The SMILES string of the molecule is CCOC(=O)C1CC=C(c2cc3c(N[C@H](C)c4cc(N)cc(C)c4F)nc(C)nc3cc2OC)CC1. The predicted octanol–water partition coefficient (Wildman–Crippen LogP) is 5.90. The van der Waals surface area contributed by atoms with Crippen LogP contribution < -0.4 is 15.8 Å². The summed E-state index contributed by atoms with van der Waals surface area (Å²) in [5, 5.41) is 4.18. The lowest BCUT2D eigenvalue weighted by molar-refractivity contribution is -0.148. The number of nitrogens with zero attached hydrogens (tertiary/aromatic N) is 2. The molecule has 7 nitrogen and oxygen atoms in total. The van der Waals surface area contributed by atoms with Gasteiger partial charge in [-0.3, -0.25) is 4.79 Å². The topological polar surface area (TPSA) is 99.4 Å². The zero-order valence-electron chi connectivity index (χ0n) is 21.4. The van der Waals surface area contributed by atoms with E-state index < -0.39 is 0 Å².